The number of rotatable bonds is 6. The zero-order valence-electron chi connectivity index (χ0n) is 11.7. The van der Waals surface area contributed by atoms with E-state index in [2.05, 4.69) is 20.3 Å². The number of anilines is 1. The lowest BCUT2D eigenvalue weighted by Crippen LogP contribution is -2.07. The molecule has 0 spiro atoms. The number of nitrogens with zero attached hydrogens (tertiary/aromatic N) is 4. The van der Waals surface area contributed by atoms with Crippen LogP contribution in [-0.4, -0.2) is 26.4 Å². The van der Waals surface area contributed by atoms with Gasteiger partial charge in [0.1, 0.15) is 12.1 Å². The second kappa shape index (κ2) is 6.60. The van der Waals surface area contributed by atoms with Gasteiger partial charge in [-0.1, -0.05) is 6.92 Å². The molecule has 0 saturated heterocycles. The molecule has 2 rings (SSSR count). The standard InChI is InChI=1S/C13H15N5O3/c1-3-6-14-12-11(18(19)20)13(17-8-16-12)21-10-5-4-9(2)15-7-10/h4-5,7-8H,3,6H2,1-2H3,(H,14,16,17). The Hall–Kier alpha value is -2.77. The molecular formula is C13H15N5O3. The van der Waals surface area contributed by atoms with Crippen molar-refractivity contribution in [2.75, 3.05) is 11.9 Å². The van der Waals surface area contributed by atoms with Crippen molar-refractivity contribution in [3.05, 3.63) is 40.5 Å². The van der Waals surface area contributed by atoms with Crippen LogP contribution in [0, 0.1) is 17.0 Å². The van der Waals surface area contributed by atoms with Crippen molar-refractivity contribution in [2.45, 2.75) is 20.3 Å². The SMILES string of the molecule is CCCNc1ncnc(Oc2ccc(C)nc2)c1[N+](=O)[O-]. The van der Waals surface area contributed by atoms with Crippen molar-refractivity contribution in [3.8, 4) is 11.6 Å². The average molecular weight is 289 g/mol. The Bertz CT molecular complexity index is 630. The minimum Gasteiger partial charge on any atom is -0.432 e. The summed E-state index contributed by atoms with van der Waals surface area (Å²) in [5.41, 5.74) is 0.538. The molecule has 0 bridgehead atoms. The van der Waals surface area contributed by atoms with Gasteiger partial charge in [-0.3, -0.25) is 15.1 Å². The fourth-order valence-corrected chi connectivity index (χ4v) is 1.60. The van der Waals surface area contributed by atoms with E-state index < -0.39 is 4.92 Å². The molecule has 0 amide bonds. The zero-order chi connectivity index (χ0) is 15.2. The third-order valence-corrected chi connectivity index (χ3v) is 2.61. The lowest BCUT2D eigenvalue weighted by Gasteiger charge is -2.08. The monoisotopic (exact) mass is 289 g/mol. The van der Waals surface area contributed by atoms with E-state index in [4.69, 9.17) is 4.74 Å². The molecule has 0 radical (unpaired) electrons. The van der Waals surface area contributed by atoms with Gasteiger partial charge in [-0.05, 0) is 25.5 Å². The second-order valence-electron chi connectivity index (χ2n) is 4.30. The predicted molar refractivity (Wildman–Crippen MR) is 76.5 cm³/mol. The smallest absolute Gasteiger partial charge is 0.373 e. The molecule has 2 heterocycles. The number of hydrogen-bond acceptors (Lipinski definition) is 7. The van der Waals surface area contributed by atoms with Gasteiger partial charge in [0.2, 0.25) is 5.82 Å². The van der Waals surface area contributed by atoms with Crippen LogP contribution in [0.15, 0.2) is 24.7 Å². The quantitative estimate of drug-likeness (QED) is 0.644. The number of aryl methyl sites for hydroxylation is 1. The fourth-order valence-electron chi connectivity index (χ4n) is 1.60. The Morgan fingerprint density at radius 2 is 2.14 bits per heavy atom. The molecule has 8 nitrogen and oxygen atoms in total. The predicted octanol–water partition coefficient (Wildman–Crippen LogP) is 2.70. The zero-order valence-corrected chi connectivity index (χ0v) is 11.7. The molecule has 0 fully saturated rings. The van der Waals surface area contributed by atoms with Crippen LogP contribution in [0.4, 0.5) is 11.5 Å². The van der Waals surface area contributed by atoms with Gasteiger partial charge in [-0.25, -0.2) is 4.98 Å². The van der Waals surface area contributed by atoms with Crippen molar-refractivity contribution < 1.29 is 9.66 Å². The van der Waals surface area contributed by atoms with Crippen LogP contribution in [0.1, 0.15) is 19.0 Å². The Kier molecular flexibility index (Phi) is 4.60. The molecular weight excluding hydrogens is 274 g/mol. The molecule has 0 atom stereocenters. The number of hydrogen-bond donors (Lipinski definition) is 1. The number of nitrogens with one attached hydrogen (secondary N) is 1. The van der Waals surface area contributed by atoms with E-state index in [0.29, 0.717) is 12.3 Å². The Morgan fingerprint density at radius 3 is 2.76 bits per heavy atom. The Labute approximate surface area is 121 Å². The fraction of sp³-hybridized carbons (Fsp3) is 0.308. The largest absolute Gasteiger partial charge is 0.432 e. The molecule has 0 saturated carbocycles. The summed E-state index contributed by atoms with van der Waals surface area (Å²) < 4.78 is 5.45. The maximum Gasteiger partial charge on any atom is 0.373 e. The Morgan fingerprint density at radius 1 is 1.33 bits per heavy atom. The van der Waals surface area contributed by atoms with Crippen molar-refractivity contribution in [1.82, 2.24) is 15.0 Å². The van der Waals surface area contributed by atoms with Crippen LogP contribution in [0.2, 0.25) is 0 Å². The summed E-state index contributed by atoms with van der Waals surface area (Å²) >= 11 is 0. The van der Waals surface area contributed by atoms with Crippen LogP contribution in [0.5, 0.6) is 11.6 Å². The molecule has 21 heavy (non-hydrogen) atoms. The first-order valence-corrected chi connectivity index (χ1v) is 6.45. The maximum atomic E-state index is 11.2. The van der Waals surface area contributed by atoms with Crippen molar-refractivity contribution in [3.63, 3.8) is 0 Å². The molecule has 8 heteroatoms. The number of nitro groups is 1. The van der Waals surface area contributed by atoms with E-state index in [0.717, 1.165) is 12.1 Å². The molecule has 1 N–H and O–H groups in total. The topological polar surface area (TPSA) is 103 Å². The first kappa shape index (κ1) is 14.6. The minimum absolute atomic E-state index is 0.112. The summed E-state index contributed by atoms with van der Waals surface area (Å²) in [5, 5.41) is 14.1. The summed E-state index contributed by atoms with van der Waals surface area (Å²) in [5.74, 6) is 0.412. The van der Waals surface area contributed by atoms with E-state index in [1.165, 1.54) is 12.5 Å². The van der Waals surface area contributed by atoms with E-state index in [-0.39, 0.29) is 17.4 Å². The summed E-state index contributed by atoms with van der Waals surface area (Å²) in [6.07, 6.45) is 3.53. The lowest BCUT2D eigenvalue weighted by atomic mass is 10.4. The van der Waals surface area contributed by atoms with E-state index in [9.17, 15) is 10.1 Å². The molecule has 0 aliphatic heterocycles. The number of pyridine rings is 1. The van der Waals surface area contributed by atoms with E-state index in [1.54, 1.807) is 12.1 Å². The molecule has 0 aliphatic rings. The van der Waals surface area contributed by atoms with Gasteiger partial charge >= 0.3 is 11.6 Å². The van der Waals surface area contributed by atoms with Crippen molar-refractivity contribution in [1.29, 1.82) is 0 Å². The number of ether oxygens (including phenoxy) is 1. The maximum absolute atomic E-state index is 11.2. The highest BCUT2D eigenvalue weighted by atomic mass is 16.6. The molecule has 110 valence electrons. The molecule has 0 aromatic carbocycles. The van der Waals surface area contributed by atoms with Gasteiger partial charge in [-0.2, -0.15) is 4.98 Å². The molecule has 0 aliphatic carbocycles. The minimum atomic E-state index is -0.561. The molecule has 2 aromatic heterocycles. The van der Waals surface area contributed by atoms with Gasteiger partial charge in [0.25, 0.3) is 0 Å². The Balaban J connectivity index is 2.33. The van der Waals surface area contributed by atoms with E-state index >= 15 is 0 Å². The third-order valence-electron chi connectivity index (χ3n) is 2.61. The van der Waals surface area contributed by atoms with Gasteiger partial charge in [0.15, 0.2) is 0 Å². The normalized spacial score (nSPS) is 10.2. The highest BCUT2D eigenvalue weighted by Gasteiger charge is 2.24. The third kappa shape index (κ3) is 3.62. The van der Waals surface area contributed by atoms with Gasteiger partial charge < -0.3 is 10.1 Å². The van der Waals surface area contributed by atoms with Gasteiger partial charge in [-0.15, -0.1) is 0 Å². The summed E-state index contributed by atoms with van der Waals surface area (Å²) in [6.45, 7) is 4.36. The van der Waals surface area contributed by atoms with Crippen molar-refractivity contribution in [2.24, 2.45) is 0 Å². The number of aromatic nitrogens is 3. The van der Waals surface area contributed by atoms with Crippen LogP contribution < -0.4 is 10.1 Å². The molecule has 2 aromatic rings. The molecule has 0 unspecified atom stereocenters. The highest BCUT2D eigenvalue weighted by Crippen LogP contribution is 2.33. The van der Waals surface area contributed by atoms with Gasteiger partial charge in [0.05, 0.1) is 11.1 Å². The van der Waals surface area contributed by atoms with Crippen LogP contribution in [0.3, 0.4) is 0 Å². The highest BCUT2D eigenvalue weighted by molar-refractivity contribution is 5.61. The first-order chi connectivity index (χ1) is 10.1. The lowest BCUT2D eigenvalue weighted by molar-refractivity contribution is -0.385. The van der Waals surface area contributed by atoms with Crippen LogP contribution in [0.25, 0.3) is 0 Å². The van der Waals surface area contributed by atoms with Gasteiger partial charge in [0, 0.05) is 12.2 Å². The second-order valence-corrected chi connectivity index (χ2v) is 4.30. The average Bonchev–Trinajstić information content (AvgIpc) is 2.47. The first-order valence-electron chi connectivity index (χ1n) is 6.45. The van der Waals surface area contributed by atoms with E-state index in [1.807, 2.05) is 13.8 Å². The van der Waals surface area contributed by atoms with Crippen LogP contribution >= 0.6 is 0 Å². The summed E-state index contributed by atoms with van der Waals surface area (Å²) in [6, 6.07) is 3.42. The summed E-state index contributed by atoms with van der Waals surface area (Å²) in [7, 11) is 0. The van der Waals surface area contributed by atoms with Crippen LogP contribution in [-0.2, 0) is 0 Å². The van der Waals surface area contributed by atoms with Crippen molar-refractivity contribution >= 4 is 11.5 Å². The summed E-state index contributed by atoms with van der Waals surface area (Å²) in [4.78, 5) is 22.5.